The van der Waals surface area contributed by atoms with Crippen LogP contribution in [0.1, 0.15) is 12.8 Å². The summed E-state index contributed by atoms with van der Waals surface area (Å²) in [5.41, 5.74) is 1.73. The highest BCUT2D eigenvalue weighted by molar-refractivity contribution is 5.96. The lowest BCUT2D eigenvalue weighted by atomic mass is 9.98. The van der Waals surface area contributed by atoms with Crippen LogP contribution in [0.5, 0.6) is 5.75 Å². The first-order chi connectivity index (χ1) is 13.1. The smallest absolute Gasteiger partial charge is 0.416 e. The molecule has 2 aromatic heterocycles. The van der Waals surface area contributed by atoms with E-state index in [9.17, 15) is 20.1 Å². The molecule has 0 amide bonds. The molecule has 140 valence electrons. The van der Waals surface area contributed by atoms with Crippen LogP contribution in [0.25, 0.3) is 22.2 Å². The lowest BCUT2D eigenvalue weighted by Gasteiger charge is -2.32. The topological polar surface area (TPSA) is 98.8 Å². The van der Waals surface area contributed by atoms with Gasteiger partial charge in [0.25, 0.3) is 0 Å². The Bertz CT molecular complexity index is 973. The molecule has 3 heterocycles. The quantitative estimate of drug-likeness (QED) is 0.658. The van der Waals surface area contributed by atoms with Gasteiger partial charge in [0.1, 0.15) is 11.6 Å². The molecule has 1 aliphatic rings. The van der Waals surface area contributed by atoms with Gasteiger partial charge >= 0.3 is 6.09 Å². The van der Waals surface area contributed by atoms with Crippen LogP contribution in [0.3, 0.4) is 0 Å². The zero-order valence-corrected chi connectivity index (χ0v) is 14.7. The van der Waals surface area contributed by atoms with Gasteiger partial charge in [-0.2, -0.15) is 0 Å². The van der Waals surface area contributed by atoms with Gasteiger partial charge in [-0.3, -0.25) is 0 Å². The first-order valence-corrected chi connectivity index (χ1v) is 8.97. The molecule has 1 fully saturated rings. The summed E-state index contributed by atoms with van der Waals surface area (Å²) in [5, 5.41) is 29.2. The highest BCUT2D eigenvalue weighted by Gasteiger charge is 2.20. The molecular formula is C20H21N3O4. The summed E-state index contributed by atoms with van der Waals surface area (Å²) in [6.07, 6.45) is 2.48. The molecule has 1 saturated heterocycles. The van der Waals surface area contributed by atoms with Gasteiger partial charge in [0.15, 0.2) is 0 Å². The van der Waals surface area contributed by atoms with Crippen molar-refractivity contribution in [3.8, 4) is 17.0 Å². The van der Waals surface area contributed by atoms with Crippen LogP contribution >= 0.6 is 0 Å². The number of hydrogen-bond donors (Lipinski definition) is 3. The third-order valence-corrected chi connectivity index (χ3v) is 5.22. The van der Waals surface area contributed by atoms with E-state index in [1.807, 2.05) is 12.1 Å². The van der Waals surface area contributed by atoms with Crippen LogP contribution < -0.4 is 4.90 Å². The van der Waals surface area contributed by atoms with Crippen LogP contribution in [-0.4, -0.2) is 50.7 Å². The van der Waals surface area contributed by atoms with Crippen LogP contribution in [-0.2, 0) is 0 Å². The van der Waals surface area contributed by atoms with E-state index < -0.39 is 6.09 Å². The standard InChI is InChI=1S/C20H21N3O4/c24-12-13-5-7-22(8-6-13)19-4-1-14(11-21-19)18-10-15-9-16(25)2-3-17(15)23(18)20(26)27/h1-4,9-11,13,24-25H,5-8,12H2,(H,26,27). The Morgan fingerprint density at radius 1 is 1.15 bits per heavy atom. The summed E-state index contributed by atoms with van der Waals surface area (Å²) in [4.78, 5) is 18.5. The molecule has 1 aromatic carbocycles. The highest BCUT2D eigenvalue weighted by Crippen LogP contribution is 2.31. The van der Waals surface area contributed by atoms with E-state index in [4.69, 9.17) is 0 Å². The summed E-state index contributed by atoms with van der Waals surface area (Å²) in [7, 11) is 0. The van der Waals surface area contributed by atoms with E-state index in [-0.39, 0.29) is 12.4 Å². The Labute approximate surface area is 156 Å². The minimum atomic E-state index is -1.08. The van der Waals surface area contributed by atoms with Crippen LogP contribution in [0.4, 0.5) is 10.6 Å². The van der Waals surface area contributed by atoms with Gasteiger partial charge in [0.2, 0.25) is 0 Å². The fourth-order valence-electron chi connectivity index (χ4n) is 3.69. The van der Waals surface area contributed by atoms with E-state index in [1.165, 1.54) is 10.6 Å². The molecule has 3 aromatic rings. The molecule has 0 saturated carbocycles. The van der Waals surface area contributed by atoms with Gasteiger partial charge in [0, 0.05) is 36.8 Å². The number of rotatable bonds is 3. The Morgan fingerprint density at radius 3 is 2.56 bits per heavy atom. The number of carboxylic acid groups (broad SMARTS) is 1. The van der Waals surface area contributed by atoms with Crippen LogP contribution in [0.15, 0.2) is 42.6 Å². The van der Waals surface area contributed by atoms with Gasteiger partial charge in [-0.05, 0) is 55.2 Å². The molecule has 0 atom stereocenters. The molecule has 0 spiro atoms. The highest BCUT2D eigenvalue weighted by atomic mass is 16.4. The fraction of sp³-hybridized carbons (Fsp3) is 0.300. The normalized spacial score (nSPS) is 15.4. The molecule has 3 N–H and O–H groups in total. The number of benzene rings is 1. The van der Waals surface area contributed by atoms with Crippen molar-refractivity contribution in [3.63, 3.8) is 0 Å². The number of phenols is 1. The number of anilines is 1. The lowest BCUT2D eigenvalue weighted by Crippen LogP contribution is -2.35. The third-order valence-electron chi connectivity index (χ3n) is 5.22. The van der Waals surface area contributed by atoms with E-state index in [0.717, 1.165) is 31.7 Å². The molecule has 7 nitrogen and oxygen atoms in total. The maximum absolute atomic E-state index is 11.8. The van der Waals surface area contributed by atoms with Gasteiger partial charge in [-0.15, -0.1) is 0 Å². The SMILES string of the molecule is O=C(O)n1c(-c2ccc(N3CCC(CO)CC3)nc2)cc2cc(O)ccc21. The number of aromatic hydroxyl groups is 1. The van der Waals surface area contributed by atoms with Gasteiger partial charge < -0.3 is 20.2 Å². The van der Waals surface area contributed by atoms with Gasteiger partial charge in [0.05, 0.1) is 11.2 Å². The van der Waals surface area contributed by atoms with Crippen LogP contribution in [0, 0.1) is 5.92 Å². The Hall–Kier alpha value is -3.06. The number of hydrogen-bond acceptors (Lipinski definition) is 5. The van der Waals surface area contributed by atoms with Crippen molar-refractivity contribution in [1.82, 2.24) is 9.55 Å². The average Bonchev–Trinajstić information content (AvgIpc) is 3.07. The number of fused-ring (bicyclic) bond motifs is 1. The van der Waals surface area contributed by atoms with Crippen molar-refractivity contribution in [2.45, 2.75) is 12.8 Å². The Balaban J connectivity index is 1.66. The zero-order valence-electron chi connectivity index (χ0n) is 14.7. The number of carbonyl (C=O) groups is 1. The summed E-state index contributed by atoms with van der Waals surface area (Å²) in [5.74, 6) is 1.31. The predicted molar refractivity (Wildman–Crippen MR) is 102 cm³/mol. The van der Waals surface area contributed by atoms with Crippen molar-refractivity contribution in [3.05, 3.63) is 42.6 Å². The van der Waals surface area contributed by atoms with Crippen molar-refractivity contribution in [1.29, 1.82) is 0 Å². The van der Waals surface area contributed by atoms with Gasteiger partial charge in [-0.1, -0.05) is 0 Å². The van der Waals surface area contributed by atoms with E-state index in [1.54, 1.807) is 24.4 Å². The molecular weight excluding hydrogens is 346 g/mol. The molecule has 4 rings (SSSR count). The van der Waals surface area contributed by atoms with Crippen molar-refractivity contribution in [2.75, 3.05) is 24.6 Å². The summed E-state index contributed by atoms with van der Waals surface area (Å²) in [6, 6.07) is 10.1. The summed E-state index contributed by atoms with van der Waals surface area (Å²) in [6.45, 7) is 1.94. The minimum absolute atomic E-state index is 0.0938. The molecule has 27 heavy (non-hydrogen) atoms. The monoisotopic (exact) mass is 367 g/mol. The van der Waals surface area contributed by atoms with Crippen LogP contribution in [0.2, 0.25) is 0 Å². The third kappa shape index (κ3) is 3.21. The van der Waals surface area contributed by atoms with Crippen molar-refractivity contribution in [2.24, 2.45) is 5.92 Å². The first-order valence-electron chi connectivity index (χ1n) is 8.97. The maximum atomic E-state index is 11.8. The van der Waals surface area contributed by atoms with Crippen molar-refractivity contribution < 1.29 is 20.1 Å². The first kappa shape index (κ1) is 17.4. The number of piperidine rings is 1. The molecule has 1 aliphatic heterocycles. The second-order valence-electron chi connectivity index (χ2n) is 6.91. The number of pyridine rings is 1. The lowest BCUT2D eigenvalue weighted by molar-refractivity contribution is 0.198. The number of aliphatic hydroxyl groups is 1. The van der Waals surface area contributed by atoms with E-state index >= 15 is 0 Å². The molecule has 7 heteroatoms. The zero-order chi connectivity index (χ0) is 19.0. The Morgan fingerprint density at radius 2 is 1.93 bits per heavy atom. The number of aromatic nitrogens is 2. The maximum Gasteiger partial charge on any atom is 0.416 e. The second-order valence-corrected chi connectivity index (χ2v) is 6.91. The number of aliphatic hydroxyl groups excluding tert-OH is 1. The average molecular weight is 367 g/mol. The second kappa shape index (κ2) is 6.92. The number of nitrogens with zero attached hydrogens (tertiary/aromatic N) is 3. The molecule has 0 aliphatic carbocycles. The largest absolute Gasteiger partial charge is 0.508 e. The predicted octanol–water partition coefficient (Wildman–Crippen LogP) is 3.14. The summed E-state index contributed by atoms with van der Waals surface area (Å²) < 4.78 is 1.21. The summed E-state index contributed by atoms with van der Waals surface area (Å²) >= 11 is 0. The van der Waals surface area contributed by atoms with E-state index in [2.05, 4.69) is 9.88 Å². The van der Waals surface area contributed by atoms with Gasteiger partial charge in [-0.25, -0.2) is 14.3 Å². The minimum Gasteiger partial charge on any atom is -0.508 e. The number of phenolic OH excluding ortho intramolecular Hbond substituents is 1. The van der Waals surface area contributed by atoms with Crippen molar-refractivity contribution >= 4 is 22.8 Å². The Kier molecular flexibility index (Phi) is 4.45. The fourth-order valence-corrected chi connectivity index (χ4v) is 3.69. The van der Waals surface area contributed by atoms with E-state index in [0.29, 0.717) is 28.1 Å². The molecule has 0 unspecified atom stereocenters. The molecule has 0 bridgehead atoms. The molecule has 0 radical (unpaired) electrons.